The predicted molar refractivity (Wildman–Crippen MR) is 82.4 cm³/mol. The molecule has 5 nitrogen and oxygen atoms in total. The topological polar surface area (TPSA) is 60.1 Å². The van der Waals surface area contributed by atoms with Gasteiger partial charge in [0.15, 0.2) is 5.76 Å². The van der Waals surface area contributed by atoms with E-state index in [2.05, 4.69) is 10.3 Å². The molecule has 1 N–H and O–H groups in total. The molecule has 0 aliphatic heterocycles. The molecule has 0 saturated heterocycles. The Labute approximate surface area is 128 Å². The molecule has 0 unspecified atom stereocenters. The van der Waals surface area contributed by atoms with Gasteiger partial charge in [-0.05, 0) is 24.6 Å². The fourth-order valence-electron chi connectivity index (χ4n) is 2.36. The summed E-state index contributed by atoms with van der Waals surface area (Å²) in [6, 6.07) is 12.9. The zero-order chi connectivity index (χ0) is 15.5. The van der Waals surface area contributed by atoms with Crippen molar-refractivity contribution in [1.29, 1.82) is 0 Å². The molecule has 22 heavy (non-hydrogen) atoms. The second-order valence-electron chi connectivity index (χ2n) is 5.12. The van der Waals surface area contributed by atoms with Gasteiger partial charge in [0.2, 0.25) is 0 Å². The van der Waals surface area contributed by atoms with Crippen molar-refractivity contribution in [3.05, 3.63) is 77.8 Å². The Balaban J connectivity index is 1.93. The molecule has 2 aromatic heterocycles. The molecule has 0 spiro atoms. The minimum absolute atomic E-state index is 0.259. The number of carbonyl (C=O) groups is 1. The van der Waals surface area contributed by atoms with Gasteiger partial charge in [-0.15, -0.1) is 0 Å². The first-order valence-electron chi connectivity index (χ1n) is 7.04. The van der Waals surface area contributed by atoms with Crippen LogP contribution >= 0.6 is 0 Å². The minimum atomic E-state index is -0.334. The van der Waals surface area contributed by atoms with Crippen molar-refractivity contribution in [3.8, 4) is 0 Å². The lowest BCUT2D eigenvalue weighted by Gasteiger charge is -2.18. The average molecular weight is 295 g/mol. The molecule has 3 rings (SSSR count). The Morgan fingerprint density at radius 1 is 1.23 bits per heavy atom. The summed E-state index contributed by atoms with van der Waals surface area (Å²) in [7, 11) is 1.90. The molecular weight excluding hydrogens is 278 g/mol. The third-order valence-electron chi connectivity index (χ3n) is 3.49. The second-order valence-corrected chi connectivity index (χ2v) is 5.12. The normalized spacial score (nSPS) is 12.1. The number of hydrogen-bond donors (Lipinski definition) is 1. The van der Waals surface area contributed by atoms with Gasteiger partial charge in [-0.1, -0.05) is 30.3 Å². The van der Waals surface area contributed by atoms with Crippen molar-refractivity contribution < 1.29 is 9.21 Å². The molecule has 3 aromatic rings. The smallest absolute Gasteiger partial charge is 0.287 e. The minimum Gasteiger partial charge on any atom is -0.456 e. The van der Waals surface area contributed by atoms with Crippen LogP contribution in [0.5, 0.6) is 0 Å². The summed E-state index contributed by atoms with van der Waals surface area (Å²) in [6.45, 7) is 1.81. The van der Waals surface area contributed by atoms with Crippen molar-refractivity contribution >= 4 is 5.91 Å². The largest absolute Gasteiger partial charge is 0.456 e. The maximum absolute atomic E-state index is 12.4. The van der Waals surface area contributed by atoms with Gasteiger partial charge in [0.25, 0.3) is 5.91 Å². The summed E-state index contributed by atoms with van der Waals surface area (Å²) in [4.78, 5) is 16.8. The highest BCUT2D eigenvalue weighted by atomic mass is 16.3. The Bertz CT molecular complexity index is 774. The first-order chi connectivity index (χ1) is 10.6. The monoisotopic (exact) mass is 295 g/mol. The van der Waals surface area contributed by atoms with Crippen LogP contribution in [0.3, 0.4) is 0 Å². The quantitative estimate of drug-likeness (QED) is 0.805. The van der Waals surface area contributed by atoms with Crippen LogP contribution in [0.2, 0.25) is 0 Å². The van der Waals surface area contributed by atoms with Crippen LogP contribution in [0.15, 0.2) is 59.3 Å². The van der Waals surface area contributed by atoms with Gasteiger partial charge >= 0.3 is 0 Å². The van der Waals surface area contributed by atoms with Gasteiger partial charge in [0.05, 0.1) is 0 Å². The molecule has 5 heteroatoms. The maximum atomic E-state index is 12.4. The van der Waals surface area contributed by atoms with Crippen LogP contribution in [-0.4, -0.2) is 15.5 Å². The van der Waals surface area contributed by atoms with Gasteiger partial charge in [-0.25, -0.2) is 4.98 Å². The average Bonchev–Trinajstić information content (AvgIpc) is 3.14. The van der Waals surface area contributed by atoms with E-state index < -0.39 is 0 Å². The predicted octanol–water partition coefficient (Wildman–Crippen LogP) is 2.84. The number of carbonyl (C=O) groups excluding carboxylic acids is 1. The third-order valence-corrected chi connectivity index (χ3v) is 3.49. The standard InChI is InChI=1S/C17H17N3O2/c1-12-8-9-14(22-12)17(21)19-15(13-6-4-3-5-7-13)16-18-10-11-20(16)2/h3-11,15H,1-2H3,(H,19,21)/t15-/m0/s1. The van der Waals surface area contributed by atoms with E-state index in [0.717, 1.165) is 11.4 Å². The number of furan rings is 1. The van der Waals surface area contributed by atoms with Gasteiger partial charge < -0.3 is 14.3 Å². The fourth-order valence-corrected chi connectivity index (χ4v) is 2.36. The highest BCUT2D eigenvalue weighted by molar-refractivity contribution is 5.92. The van der Waals surface area contributed by atoms with E-state index in [4.69, 9.17) is 4.42 Å². The first kappa shape index (κ1) is 14.1. The van der Waals surface area contributed by atoms with Gasteiger partial charge in [0.1, 0.15) is 17.6 Å². The van der Waals surface area contributed by atoms with Crippen LogP contribution in [0.1, 0.15) is 33.7 Å². The number of aromatic nitrogens is 2. The Hall–Kier alpha value is -2.82. The van der Waals surface area contributed by atoms with Crippen molar-refractivity contribution in [3.63, 3.8) is 0 Å². The number of amides is 1. The number of imidazole rings is 1. The number of rotatable bonds is 4. The van der Waals surface area contributed by atoms with E-state index in [1.807, 2.05) is 55.1 Å². The highest BCUT2D eigenvalue weighted by Crippen LogP contribution is 2.21. The molecule has 0 aliphatic carbocycles. The SMILES string of the molecule is Cc1ccc(C(=O)N[C@@H](c2ccccc2)c2nccn2C)o1. The van der Waals surface area contributed by atoms with E-state index >= 15 is 0 Å². The Kier molecular flexibility index (Phi) is 3.78. The zero-order valence-corrected chi connectivity index (χ0v) is 12.5. The summed E-state index contributed by atoms with van der Waals surface area (Å²) >= 11 is 0. The van der Waals surface area contributed by atoms with Crippen LogP contribution in [0.4, 0.5) is 0 Å². The maximum Gasteiger partial charge on any atom is 0.287 e. The third kappa shape index (κ3) is 2.79. The number of aryl methyl sites for hydroxylation is 2. The highest BCUT2D eigenvalue weighted by Gasteiger charge is 2.22. The summed E-state index contributed by atoms with van der Waals surface area (Å²) in [6.07, 6.45) is 3.57. The molecule has 112 valence electrons. The first-order valence-corrected chi connectivity index (χ1v) is 7.04. The lowest BCUT2D eigenvalue weighted by Crippen LogP contribution is -2.30. The van der Waals surface area contributed by atoms with Crippen LogP contribution in [0, 0.1) is 6.92 Å². The molecule has 1 aromatic carbocycles. The molecule has 1 amide bonds. The molecule has 0 radical (unpaired) electrons. The van der Waals surface area contributed by atoms with Crippen molar-refractivity contribution in [1.82, 2.24) is 14.9 Å². The van der Waals surface area contributed by atoms with Gasteiger partial charge in [-0.2, -0.15) is 0 Å². The second kappa shape index (κ2) is 5.89. The molecule has 2 heterocycles. The van der Waals surface area contributed by atoms with Crippen LogP contribution in [0.25, 0.3) is 0 Å². The number of benzene rings is 1. The van der Waals surface area contributed by atoms with Crippen LogP contribution < -0.4 is 5.32 Å². The molecule has 1 atom stereocenters. The Morgan fingerprint density at radius 3 is 2.59 bits per heavy atom. The summed E-state index contributed by atoms with van der Waals surface area (Å²) in [5.41, 5.74) is 0.966. The molecule has 0 aliphatic rings. The summed E-state index contributed by atoms with van der Waals surface area (Å²) < 4.78 is 7.28. The van der Waals surface area contributed by atoms with Gasteiger partial charge in [-0.3, -0.25) is 4.79 Å². The van der Waals surface area contributed by atoms with E-state index in [-0.39, 0.29) is 11.9 Å². The Morgan fingerprint density at radius 2 is 2.00 bits per heavy atom. The van der Waals surface area contributed by atoms with E-state index in [1.54, 1.807) is 18.3 Å². The van der Waals surface area contributed by atoms with Gasteiger partial charge in [0, 0.05) is 19.4 Å². The van der Waals surface area contributed by atoms with E-state index in [1.165, 1.54) is 0 Å². The van der Waals surface area contributed by atoms with E-state index in [0.29, 0.717) is 11.5 Å². The number of nitrogens with one attached hydrogen (secondary N) is 1. The number of hydrogen-bond acceptors (Lipinski definition) is 3. The fraction of sp³-hybridized carbons (Fsp3) is 0.176. The molecular formula is C17H17N3O2. The molecule has 0 fully saturated rings. The van der Waals surface area contributed by atoms with Crippen molar-refractivity contribution in [2.24, 2.45) is 7.05 Å². The number of nitrogens with zero attached hydrogens (tertiary/aromatic N) is 2. The van der Waals surface area contributed by atoms with Crippen molar-refractivity contribution in [2.75, 3.05) is 0 Å². The van der Waals surface area contributed by atoms with E-state index in [9.17, 15) is 4.79 Å². The lowest BCUT2D eigenvalue weighted by atomic mass is 10.1. The van der Waals surface area contributed by atoms with Crippen molar-refractivity contribution in [2.45, 2.75) is 13.0 Å². The zero-order valence-electron chi connectivity index (χ0n) is 12.5. The summed E-state index contributed by atoms with van der Waals surface area (Å²) in [5, 5.41) is 2.99. The van der Waals surface area contributed by atoms with Crippen LogP contribution in [-0.2, 0) is 7.05 Å². The summed E-state index contributed by atoms with van der Waals surface area (Å²) in [5.74, 6) is 1.51. The molecule has 0 saturated carbocycles. The molecule has 0 bridgehead atoms. The lowest BCUT2D eigenvalue weighted by molar-refractivity contribution is 0.0912.